The summed E-state index contributed by atoms with van der Waals surface area (Å²) in [6.07, 6.45) is 1.42. The fraction of sp³-hybridized carbons (Fsp3) is 0.526. The smallest absolute Gasteiger partial charge is 0.225 e. The molecule has 25 heavy (non-hydrogen) atoms. The van der Waals surface area contributed by atoms with Crippen molar-refractivity contribution in [2.24, 2.45) is 0 Å². The molecule has 1 atom stereocenters. The molecule has 0 radical (unpaired) electrons. The van der Waals surface area contributed by atoms with E-state index in [4.69, 9.17) is 4.98 Å². The summed E-state index contributed by atoms with van der Waals surface area (Å²) < 4.78 is 0. The Bertz CT molecular complexity index is 766. The highest BCUT2D eigenvalue weighted by molar-refractivity contribution is 7.10. The predicted octanol–water partition coefficient (Wildman–Crippen LogP) is 2.90. The van der Waals surface area contributed by atoms with Gasteiger partial charge in [-0.1, -0.05) is 13.0 Å². The van der Waals surface area contributed by atoms with Gasteiger partial charge in [0.05, 0.1) is 17.0 Å². The first kappa shape index (κ1) is 16.7. The number of piperazine rings is 1. The van der Waals surface area contributed by atoms with Crippen LogP contribution in [-0.4, -0.2) is 53.4 Å². The molecule has 1 fully saturated rings. The van der Waals surface area contributed by atoms with Crippen molar-refractivity contribution in [2.75, 3.05) is 37.6 Å². The van der Waals surface area contributed by atoms with E-state index in [1.54, 1.807) is 11.3 Å². The van der Waals surface area contributed by atoms with Gasteiger partial charge in [-0.3, -0.25) is 4.79 Å². The highest BCUT2D eigenvalue weighted by atomic mass is 32.1. The number of carbonyl (C=O) groups is 1. The van der Waals surface area contributed by atoms with Crippen molar-refractivity contribution in [2.45, 2.75) is 32.6 Å². The van der Waals surface area contributed by atoms with E-state index in [9.17, 15) is 4.79 Å². The Hall–Kier alpha value is -1.79. The average Bonchev–Trinajstić information content (AvgIpc) is 3.16. The van der Waals surface area contributed by atoms with Crippen molar-refractivity contribution in [1.82, 2.24) is 14.9 Å². The molecule has 1 aliphatic carbocycles. The maximum atomic E-state index is 12.7. The first-order chi connectivity index (χ1) is 12.2. The highest BCUT2D eigenvalue weighted by Crippen LogP contribution is 2.35. The molecule has 0 bridgehead atoms. The third-order valence-electron chi connectivity index (χ3n) is 5.35. The van der Waals surface area contributed by atoms with Crippen LogP contribution in [-0.2, 0) is 6.42 Å². The van der Waals surface area contributed by atoms with Gasteiger partial charge in [0.25, 0.3) is 0 Å². The van der Waals surface area contributed by atoms with Crippen LogP contribution in [0.3, 0.4) is 0 Å². The van der Waals surface area contributed by atoms with Crippen LogP contribution in [0.25, 0.3) is 0 Å². The third-order valence-corrected chi connectivity index (χ3v) is 6.39. The number of hydrogen-bond donors (Lipinski definition) is 0. The Morgan fingerprint density at radius 2 is 2.00 bits per heavy atom. The lowest BCUT2D eigenvalue weighted by Gasteiger charge is -2.34. The zero-order valence-electron chi connectivity index (χ0n) is 14.9. The molecule has 0 spiro atoms. The average molecular weight is 356 g/mol. The number of ketones is 1. The Kier molecular flexibility index (Phi) is 4.56. The van der Waals surface area contributed by atoms with Crippen LogP contribution in [0.1, 0.15) is 45.9 Å². The third kappa shape index (κ3) is 3.20. The van der Waals surface area contributed by atoms with E-state index in [1.165, 1.54) is 4.88 Å². The molecular weight excluding hydrogens is 332 g/mol. The largest absolute Gasteiger partial charge is 0.338 e. The second-order valence-electron chi connectivity index (χ2n) is 6.90. The van der Waals surface area contributed by atoms with E-state index >= 15 is 0 Å². The van der Waals surface area contributed by atoms with Gasteiger partial charge in [-0.05, 0) is 31.3 Å². The van der Waals surface area contributed by atoms with Gasteiger partial charge < -0.3 is 9.80 Å². The lowest BCUT2D eigenvalue weighted by Crippen LogP contribution is -2.47. The summed E-state index contributed by atoms with van der Waals surface area (Å²) in [6, 6.07) is 4.19. The zero-order chi connectivity index (χ0) is 17.4. The standard InChI is InChI=1S/C19H24N4OS/c1-3-22-6-8-23(9-7-22)19-20-13(2)18-15(21-19)11-14(12-16(18)24)17-5-4-10-25-17/h4-5,10,14H,3,6-9,11-12H2,1-2H3/t14-/m1/s1. The first-order valence-electron chi connectivity index (χ1n) is 9.07. The van der Waals surface area contributed by atoms with Crippen LogP contribution in [0.15, 0.2) is 17.5 Å². The van der Waals surface area contributed by atoms with Crippen LogP contribution in [0, 0.1) is 6.92 Å². The minimum Gasteiger partial charge on any atom is -0.338 e. The van der Waals surface area contributed by atoms with E-state index in [0.29, 0.717) is 6.42 Å². The predicted molar refractivity (Wildman–Crippen MR) is 101 cm³/mol. The lowest BCUT2D eigenvalue weighted by atomic mass is 9.84. The molecule has 1 aliphatic heterocycles. The zero-order valence-corrected chi connectivity index (χ0v) is 15.7. The molecule has 0 N–H and O–H groups in total. The van der Waals surface area contributed by atoms with Gasteiger partial charge in [-0.15, -0.1) is 11.3 Å². The Labute approximate surface area is 152 Å². The minimum atomic E-state index is 0.194. The topological polar surface area (TPSA) is 49.3 Å². The first-order valence-corrected chi connectivity index (χ1v) is 9.95. The number of rotatable bonds is 3. The van der Waals surface area contributed by atoms with Crippen molar-refractivity contribution >= 4 is 23.1 Å². The molecular formula is C19H24N4OS. The van der Waals surface area contributed by atoms with Crippen LogP contribution in [0.4, 0.5) is 5.95 Å². The summed E-state index contributed by atoms with van der Waals surface area (Å²) in [5.74, 6) is 1.25. The van der Waals surface area contributed by atoms with Gasteiger partial charge in [-0.25, -0.2) is 9.97 Å². The number of hydrogen-bond acceptors (Lipinski definition) is 6. The van der Waals surface area contributed by atoms with Crippen LogP contribution >= 0.6 is 11.3 Å². The van der Waals surface area contributed by atoms with E-state index in [-0.39, 0.29) is 11.7 Å². The molecule has 1 saturated heterocycles. The van der Waals surface area contributed by atoms with Gasteiger partial charge in [0, 0.05) is 43.4 Å². The number of anilines is 1. The van der Waals surface area contributed by atoms with Crippen molar-refractivity contribution in [3.05, 3.63) is 39.3 Å². The molecule has 0 unspecified atom stereocenters. The van der Waals surface area contributed by atoms with Gasteiger partial charge in [0.15, 0.2) is 5.78 Å². The second kappa shape index (κ2) is 6.84. The summed E-state index contributed by atoms with van der Waals surface area (Å²) >= 11 is 1.73. The summed E-state index contributed by atoms with van der Waals surface area (Å²) in [6.45, 7) is 9.25. The highest BCUT2D eigenvalue weighted by Gasteiger charge is 2.31. The monoisotopic (exact) mass is 356 g/mol. The van der Waals surface area contributed by atoms with Gasteiger partial charge in [-0.2, -0.15) is 0 Å². The fourth-order valence-electron chi connectivity index (χ4n) is 3.89. The molecule has 2 aromatic heterocycles. The van der Waals surface area contributed by atoms with E-state index in [0.717, 1.165) is 62.0 Å². The maximum absolute atomic E-state index is 12.7. The van der Waals surface area contributed by atoms with Gasteiger partial charge in [0.1, 0.15) is 0 Å². The van der Waals surface area contributed by atoms with Gasteiger partial charge in [0.2, 0.25) is 5.95 Å². The summed E-state index contributed by atoms with van der Waals surface area (Å²) in [5.41, 5.74) is 2.55. The van der Waals surface area contributed by atoms with Gasteiger partial charge >= 0.3 is 0 Å². The molecule has 2 aliphatic rings. The molecule has 5 nitrogen and oxygen atoms in total. The number of carbonyl (C=O) groups excluding carboxylic acids is 1. The number of nitrogens with zero attached hydrogens (tertiary/aromatic N) is 4. The van der Waals surface area contributed by atoms with Crippen LogP contribution in [0.2, 0.25) is 0 Å². The Morgan fingerprint density at radius 3 is 2.68 bits per heavy atom. The number of aromatic nitrogens is 2. The second-order valence-corrected chi connectivity index (χ2v) is 7.88. The molecule has 6 heteroatoms. The fourth-order valence-corrected chi connectivity index (χ4v) is 4.72. The van der Waals surface area contributed by atoms with Crippen molar-refractivity contribution in [3.63, 3.8) is 0 Å². The normalized spacial score (nSPS) is 21.4. The van der Waals surface area contributed by atoms with E-state index in [2.05, 4.69) is 39.2 Å². The van der Waals surface area contributed by atoms with Crippen LogP contribution in [0.5, 0.6) is 0 Å². The number of aryl methyl sites for hydroxylation is 1. The molecule has 3 heterocycles. The van der Waals surface area contributed by atoms with Crippen molar-refractivity contribution in [1.29, 1.82) is 0 Å². The van der Waals surface area contributed by atoms with Crippen LogP contribution < -0.4 is 4.90 Å². The lowest BCUT2D eigenvalue weighted by molar-refractivity contribution is 0.0962. The molecule has 132 valence electrons. The molecule has 0 saturated carbocycles. The van der Waals surface area contributed by atoms with Crippen molar-refractivity contribution in [3.8, 4) is 0 Å². The minimum absolute atomic E-state index is 0.194. The summed E-state index contributed by atoms with van der Waals surface area (Å²) in [4.78, 5) is 28.2. The number of likely N-dealkylation sites (N-methyl/N-ethyl adjacent to an activating group) is 1. The number of Topliss-reactive ketones (excluding diaryl/α,β-unsaturated/α-hetero) is 1. The molecule has 0 aromatic carbocycles. The summed E-state index contributed by atoms with van der Waals surface area (Å²) in [5, 5.41) is 2.08. The Morgan fingerprint density at radius 1 is 1.20 bits per heavy atom. The van der Waals surface area contributed by atoms with E-state index < -0.39 is 0 Å². The number of fused-ring (bicyclic) bond motifs is 1. The molecule has 0 amide bonds. The quantitative estimate of drug-likeness (QED) is 0.846. The maximum Gasteiger partial charge on any atom is 0.225 e. The molecule has 2 aromatic rings. The van der Waals surface area contributed by atoms with Crippen molar-refractivity contribution < 1.29 is 4.79 Å². The molecule has 4 rings (SSSR count). The SMILES string of the molecule is CCN1CCN(c2nc(C)c3c(n2)C[C@@H](c2cccs2)CC3=O)CC1. The Balaban J connectivity index is 1.62. The summed E-state index contributed by atoms with van der Waals surface area (Å²) in [7, 11) is 0. The number of thiophene rings is 1. The van der Waals surface area contributed by atoms with E-state index in [1.807, 2.05) is 6.92 Å².